The van der Waals surface area contributed by atoms with Gasteiger partial charge in [-0.1, -0.05) is 39.8 Å². The SMILES string of the molecule is CC(C)c1ccc(C(C)C)c(-c2cc(N)n[nH]2)c1. The Kier molecular flexibility index (Phi) is 3.41. The van der Waals surface area contributed by atoms with Gasteiger partial charge in [0.15, 0.2) is 0 Å². The number of aromatic amines is 1. The molecule has 0 amide bonds. The van der Waals surface area contributed by atoms with Crippen molar-refractivity contribution in [3.05, 3.63) is 35.4 Å². The third-order valence-electron chi connectivity index (χ3n) is 3.25. The van der Waals surface area contributed by atoms with Crippen LogP contribution in [0.15, 0.2) is 24.3 Å². The lowest BCUT2D eigenvalue weighted by molar-refractivity contribution is 0.845. The number of nitrogens with one attached hydrogen (secondary N) is 1. The van der Waals surface area contributed by atoms with E-state index in [-0.39, 0.29) is 0 Å². The van der Waals surface area contributed by atoms with Gasteiger partial charge < -0.3 is 5.73 Å². The van der Waals surface area contributed by atoms with Crippen LogP contribution in [0.1, 0.15) is 50.7 Å². The summed E-state index contributed by atoms with van der Waals surface area (Å²) in [6.45, 7) is 8.81. The zero-order valence-corrected chi connectivity index (χ0v) is 11.5. The molecule has 0 saturated carbocycles. The Morgan fingerprint density at radius 3 is 2.28 bits per heavy atom. The summed E-state index contributed by atoms with van der Waals surface area (Å²) in [4.78, 5) is 0. The van der Waals surface area contributed by atoms with E-state index < -0.39 is 0 Å². The standard InChI is InChI=1S/C15H21N3/c1-9(2)11-5-6-12(10(3)4)13(7-11)14-8-15(16)18-17-14/h5-10H,1-4H3,(H3,16,17,18). The zero-order chi connectivity index (χ0) is 13.3. The molecule has 0 fully saturated rings. The average Bonchev–Trinajstić information content (AvgIpc) is 2.74. The largest absolute Gasteiger partial charge is 0.382 e. The van der Waals surface area contributed by atoms with Crippen LogP contribution in [0.5, 0.6) is 0 Å². The second-order valence-electron chi connectivity index (χ2n) is 5.36. The molecule has 0 bridgehead atoms. The lowest BCUT2D eigenvalue weighted by atomic mass is 9.91. The lowest BCUT2D eigenvalue weighted by Gasteiger charge is -2.15. The molecule has 18 heavy (non-hydrogen) atoms. The quantitative estimate of drug-likeness (QED) is 0.858. The Morgan fingerprint density at radius 1 is 1.06 bits per heavy atom. The van der Waals surface area contributed by atoms with E-state index in [1.165, 1.54) is 16.7 Å². The van der Waals surface area contributed by atoms with E-state index in [1.54, 1.807) is 0 Å². The van der Waals surface area contributed by atoms with Crippen LogP contribution in [-0.2, 0) is 0 Å². The highest BCUT2D eigenvalue weighted by atomic mass is 15.2. The number of H-pyrrole nitrogens is 1. The van der Waals surface area contributed by atoms with Gasteiger partial charge in [0.25, 0.3) is 0 Å². The molecule has 2 aromatic rings. The Labute approximate surface area is 108 Å². The highest BCUT2D eigenvalue weighted by Crippen LogP contribution is 2.31. The smallest absolute Gasteiger partial charge is 0.145 e. The highest BCUT2D eigenvalue weighted by Gasteiger charge is 2.12. The number of hydrogen-bond donors (Lipinski definition) is 2. The summed E-state index contributed by atoms with van der Waals surface area (Å²) in [5.41, 5.74) is 10.6. The van der Waals surface area contributed by atoms with Crippen molar-refractivity contribution in [3.8, 4) is 11.3 Å². The Bertz CT molecular complexity index is 538. The second-order valence-corrected chi connectivity index (χ2v) is 5.36. The van der Waals surface area contributed by atoms with E-state index in [1.807, 2.05) is 6.07 Å². The van der Waals surface area contributed by atoms with Crippen molar-refractivity contribution in [1.29, 1.82) is 0 Å². The monoisotopic (exact) mass is 243 g/mol. The second kappa shape index (κ2) is 4.84. The van der Waals surface area contributed by atoms with Crippen LogP contribution in [0.2, 0.25) is 0 Å². The molecule has 3 nitrogen and oxygen atoms in total. The number of hydrogen-bond acceptors (Lipinski definition) is 2. The van der Waals surface area contributed by atoms with Crippen molar-refractivity contribution in [2.45, 2.75) is 39.5 Å². The molecule has 1 heterocycles. The molecule has 0 aliphatic heterocycles. The maximum atomic E-state index is 5.70. The van der Waals surface area contributed by atoms with Crippen molar-refractivity contribution in [3.63, 3.8) is 0 Å². The van der Waals surface area contributed by atoms with Crippen LogP contribution in [0.3, 0.4) is 0 Å². The van der Waals surface area contributed by atoms with Gasteiger partial charge in [0.05, 0.1) is 5.69 Å². The molecule has 0 atom stereocenters. The molecular weight excluding hydrogens is 222 g/mol. The van der Waals surface area contributed by atoms with Gasteiger partial charge in [-0.05, 0) is 29.0 Å². The first kappa shape index (κ1) is 12.7. The molecule has 3 heteroatoms. The van der Waals surface area contributed by atoms with E-state index in [4.69, 9.17) is 5.73 Å². The van der Waals surface area contributed by atoms with Crippen LogP contribution >= 0.6 is 0 Å². The fourth-order valence-electron chi connectivity index (χ4n) is 2.14. The normalized spacial score (nSPS) is 11.4. The molecule has 3 N–H and O–H groups in total. The van der Waals surface area contributed by atoms with Gasteiger partial charge in [-0.3, -0.25) is 5.10 Å². The number of benzene rings is 1. The van der Waals surface area contributed by atoms with Gasteiger partial charge in [0, 0.05) is 11.6 Å². The third-order valence-corrected chi connectivity index (χ3v) is 3.25. The number of anilines is 1. The predicted octanol–water partition coefficient (Wildman–Crippen LogP) is 3.91. The van der Waals surface area contributed by atoms with E-state index >= 15 is 0 Å². The molecule has 0 aliphatic carbocycles. The minimum Gasteiger partial charge on any atom is -0.382 e. The first-order chi connectivity index (χ1) is 8.49. The molecule has 0 saturated heterocycles. The van der Waals surface area contributed by atoms with Crippen LogP contribution < -0.4 is 5.73 Å². The number of aromatic nitrogens is 2. The van der Waals surface area contributed by atoms with Crippen molar-refractivity contribution < 1.29 is 0 Å². The Balaban J connectivity index is 2.57. The third kappa shape index (κ3) is 2.40. The number of nitrogens with zero attached hydrogens (tertiary/aromatic N) is 1. The van der Waals surface area contributed by atoms with Gasteiger partial charge in [0.1, 0.15) is 5.82 Å². The van der Waals surface area contributed by atoms with Crippen molar-refractivity contribution >= 4 is 5.82 Å². The Hall–Kier alpha value is -1.77. The van der Waals surface area contributed by atoms with Gasteiger partial charge >= 0.3 is 0 Å². The first-order valence-electron chi connectivity index (χ1n) is 6.44. The lowest BCUT2D eigenvalue weighted by Crippen LogP contribution is -1.96. The first-order valence-corrected chi connectivity index (χ1v) is 6.44. The molecule has 2 rings (SSSR count). The van der Waals surface area contributed by atoms with Crippen LogP contribution in [0.25, 0.3) is 11.3 Å². The summed E-state index contributed by atoms with van der Waals surface area (Å²) >= 11 is 0. The number of rotatable bonds is 3. The molecule has 96 valence electrons. The fourth-order valence-corrected chi connectivity index (χ4v) is 2.14. The van der Waals surface area contributed by atoms with Crippen molar-refractivity contribution in [2.75, 3.05) is 5.73 Å². The number of nitrogens with two attached hydrogens (primary N) is 1. The zero-order valence-electron chi connectivity index (χ0n) is 11.5. The molecule has 0 radical (unpaired) electrons. The molecule has 1 aromatic heterocycles. The summed E-state index contributed by atoms with van der Waals surface area (Å²) in [5.74, 6) is 1.53. The summed E-state index contributed by atoms with van der Waals surface area (Å²) in [5, 5.41) is 7.03. The summed E-state index contributed by atoms with van der Waals surface area (Å²) in [7, 11) is 0. The van der Waals surface area contributed by atoms with Gasteiger partial charge in [-0.25, -0.2) is 0 Å². The van der Waals surface area contributed by atoms with Crippen molar-refractivity contribution in [2.24, 2.45) is 0 Å². The maximum Gasteiger partial charge on any atom is 0.145 e. The minimum atomic E-state index is 0.478. The van der Waals surface area contributed by atoms with Crippen LogP contribution in [0.4, 0.5) is 5.82 Å². The van der Waals surface area contributed by atoms with E-state index in [0.29, 0.717) is 17.7 Å². The Morgan fingerprint density at radius 2 is 1.78 bits per heavy atom. The predicted molar refractivity (Wildman–Crippen MR) is 76.6 cm³/mol. The highest BCUT2D eigenvalue weighted by molar-refractivity contribution is 5.67. The summed E-state index contributed by atoms with van der Waals surface area (Å²) in [6.07, 6.45) is 0. The fraction of sp³-hybridized carbons (Fsp3) is 0.400. The maximum absolute atomic E-state index is 5.70. The van der Waals surface area contributed by atoms with Gasteiger partial charge in [0.2, 0.25) is 0 Å². The van der Waals surface area contributed by atoms with Gasteiger partial charge in [-0.2, -0.15) is 5.10 Å². The van der Waals surface area contributed by atoms with Crippen LogP contribution in [-0.4, -0.2) is 10.2 Å². The molecule has 0 aliphatic rings. The topological polar surface area (TPSA) is 54.7 Å². The average molecular weight is 243 g/mol. The molecule has 0 spiro atoms. The molecular formula is C15H21N3. The summed E-state index contributed by atoms with van der Waals surface area (Å²) in [6, 6.07) is 8.56. The van der Waals surface area contributed by atoms with Gasteiger partial charge in [-0.15, -0.1) is 0 Å². The summed E-state index contributed by atoms with van der Waals surface area (Å²) < 4.78 is 0. The van der Waals surface area contributed by atoms with E-state index in [0.717, 1.165) is 5.69 Å². The van der Waals surface area contributed by atoms with Crippen LogP contribution in [0, 0.1) is 0 Å². The number of nitrogen functional groups attached to an aromatic ring is 1. The molecule has 1 aromatic carbocycles. The van der Waals surface area contributed by atoms with E-state index in [2.05, 4.69) is 56.1 Å². The van der Waals surface area contributed by atoms with Crippen molar-refractivity contribution in [1.82, 2.24) is 10.2 Å². The minimum absolute atomic E-state index is 0.478. The van der Waals surface area contributed by atoms with E-state index in [9.17, 15) is 0 Å². The molecule has 0 unspecified atom stereocenters.